The van der Waals surface area contributed by atoms with Crippen molar-refractivity contribution in [1.29, 1.82) is 0 Å². The first kappa shape index (κ1) is 16.6. The number of hydrogen-bond acceptors (Lipinski definition) is 6. The second kappa shape index (κ2) is 7.17. The van der Waals surface area contributed by atoms with Gasteiger partial charge in [0.2, 0.25) is 0 Å². The molecule has 4 rings (SSSR count). The topological polar surface area (TPSA) is 58.6 Å². The summed E-state index contributed by atoms with van der Waals surface area (Å²) in [5.74, 6) is 2.99. The van der Waals surface area contributed by atoms with Crippen molar-refractivity contribution in [2.24, 2.45) is 0 Å². The molecule has 132 valence electrons. The summed E-state index contributed by atoms with van der Waals surface area (Å²) in [7, 11) is 0. The van der Waals surface area contributed by atoms with Crippen molar-refractivity contribution < 1.29 is 9.53 Å². The van der Waals surface area contributed by atoms with E-state index in [4.69, 9.17) is 9.72 Å². The Labute approximate surface area is 151 Å². The van der Waals surface area contributed by atoms with E-state index in [0.29, 0.717) is 13.2 Å². The summed E-state index contributed by atoms with van der Waals surface area (Å²) in [5.41, 5.74) is 2.67. The molecular formula is C18H22N4O2S. The smallest absolute Gasteiger partial charge is 0.253 e. The van der Waals surface area contributed by atoms with E-state index >= 15 is 0 Å². The van der Waals surface area contributed by atoms with Crippen molar-refractivity contribution in [2.45, 2.75) is 13.0 Å². The molecule has 1 atom stereocenters. The van der Waals surface area contributed by atoms with Gasteiger partial charge in [0.05, 0.1) is 29.9 Å². The monoisotopic (exact) mass is 358 g/mol. The van der Waals surface area contributed by atoms with Gasteiger partial charge >= 0.3 is 0 Å². The molecule has 2 saturated heterocycles. The van der Waals surface area contributed by atoms with Gasteiger partial charge in [0.25, 0.3) is 5.91 Å². The highest BCUT2D eigenvalue weighted by Gasteiger charge is 2.32. The first-order valence-electron chi connectivity index (χ1n) is 8.69. The third-order valence-electron chi connectivity index (χ3n) is 4.68. The van der Waals surface area contributed by atoms with E-state index in [1.807, 2.05) is 47.9 Å². The van der Waals surface area contributed by atoms with Crippen LogP contribution in [0.1, 0.15) is 5.69 Å². The summed E-state index contributed by atoms with van der Waals surface area (Å²) >= 11 is 1.90. The molecule has 3 heterocycles. The third kappa shape index (κ3) is 3.43. The fourth-order valence-corrected chi connectivity index (χ4v) is 4.26. The molecule has 0 N–H and O–H groups in total. The lowest BCUT2D eigenvalue weighted by Gasteiger charge is -2.36. The number of carbonyl (C=O) groups excluding carboxylic acids is 1. The molecular weight excluding hydrogens is 336 g/mol. The van der Waals surface area contributed by atoms with Gasteiger partial charge in [-0.2, -0.15) is 11.8 Å². The van der Waals surface area contributed by atoms with Crippen molar-refractivity contribution in [2.75, 3.05) is 49.2 Å². The number of para-hydroxylation sites is 2. The first-order chi connectivity index (χ1) is 12.2. The van der Waals surface area contributed by atoms with Crippen LogP contribution in [0, 0.1) is 6.92 Å². The summed E-state index contributed by atoms with van der Waals surface area (Å²) in [4.78, 5) is 26.3. The number of nitrogens with zero attached hydrogens (tertiary/aromatic N) is 4. The molecule has 0 spiro atoms. The lowest BCUT2D eigenvalue weighted by molar-refractivity contribution is -0.144. The van der Waals surface area contributed by atoms with Crippen LogP contribution >= 0.6 is 11.8 Å². The van der Waals surface area contributed by atoms with Crippen LogP contribution in [0.3, 0.4) is 0 Å². The lowest BCUT2D eigenvalue weighted by Crippen LogP contribution is -2.53. The van der Waals surface area contributed by atoms with E-state index < -0.39 is 6.10 Å². The molecule has 2 aliphatic heterocycles. The maximum Gasteiger partial charge on any atom is 0.253 e. The van der Waals surface area contributed by atoms with Crippen LogP contribution < -0.4 is 4.90 Å². The number of thioether (sulfide) groups is 1. The van der Waals surface area contributed by atoms with E-state index in [-0.39, 0.29) is 5.91 Å². The second-order valence-corrected chi connectivity index (χ2v) is 7.59. The van der Waals surface area contributed by atoms with Crippen LogP contribution in [-0.2, 0) is 9.53 Å². The standard InChI is InChI=1S/C18H22N4O2S/c1-13-17(20-15-5-3-2-4-14(15)19-13)22-6-9-24-16(12-22)18(23)21-7-10-25-11-8-21/h2-5,16H,6-12H2,1H3. The highest BCUT2D eigenvalue weighted by Crippen LogP contribution is 2.23. The number of morpholine rings is 1. The molecule has 0 aliphatic carbocycles. The number of hydrogen-bond donors (Lipinski definition) is 0. The Morgan fingerprint density at radius 3 is 2.64 bits per heavy atom. The van der Waals surface area contributed by atoms with Crippen molar-refractivity contribution >= 4 is 34.5 Å². The van der Waals surface area contributed by atoms with E-state index in [9.17, 15) is 4.79 Å². The zero-order valence-electron chi connectivity index (χ0n) is 14.4. The van der Waals surface area contributed by atoms with Crippen LogP contribution in [0.15, 0.2) is 24.3 Å². The molecule has 2 aromatic rings. The molecule has 0 saturated carbocycles. The Morgan fingerprint density at radius 2 is 1.88 bits per heavy atom. The predicted octanol–water partition coefficient (Wildman–Crippen LogP) is 1.72. The largest absolute Gasteiger partial charge is 0.365 e. The molecule has 25 heavy (non-hydrogen) atoms. The molecule has 2 aliphatic rings. The van der Waals surface area contributed by atoms with Gasteiger partial charge < -0.3 is 14.5 Å². The summed E-state index contributed by atoms with van der Waals surface area (Å²) in [5, 5.41) is 0. The number of rotatable bonds is 2. The minimum Gasteiger partial charge on any atom is -0.365 e. The Hall–Kier alpha value is -1.86. The molecule has 1 amide bonds. The maximum atomic E-state index is 12.8. The zero-order valence-corrected chi connectivity index (χ0v) is 15.2. The molecule has 0 bridgehead atoms. The van der Waals surface area contributed by atoms with E-state index in [1.54, 1.807) is 0 Å². The van der Waals surface area contributed by atoms with Gasteiger partial charge in [0, 0.05) is 31.1 Å². The average molecular weight is 358 g/mol. The van der Waals surface area contributed by atoms with Gasteiger partial charge in [0.15, 0.2) is 11.9 Å². The van der Waals surface area contributed by atoms with E-state index in [0.717, 1.165) is 53.7 Å². The van der Waals surface area contributed by atoms with Gasteiger partial charge in [0.1, 0.15) is 0 Å². The van der Waals surface area contributed by atoms with Gasteiger partial charge in [-0.1, -0.05) is 12.1 Å². The van der Waals surface area contributed by atoms with Crippen molar-refractivity contribution in [1.82, 2.24) is 14.9 Å². The number of anilines is 1. The number of fused-ring (bicyclic) bond motifs is 1. The molecule has 2 fully saturated rings. The minimum atomic E-state index is -0.412. The Kier molecular flexibility index (Phi) is 4.76. The molecule has 7 heteroatoms. The van der Waals surface area contributed by atoms with Crippen LogP contribution in [0.4, 0.5) is 5.82 Å². The number of amides is 1. The molecule has 1 aromatic heterocycles. The highest BCUT2D eigenvalue weighted by molar-refractivity contribution is 7.99. The summed E-state index contributed by atoms with van der Waals surface area (Å²) < 4.78 is 5.78. The summed E-state index contributed by atoms with van der Waals surface area (Å²) in [6.07, 6.45) is -0.412. The summed E-state index contributed by atoms with van der Waals surface area (Å²) in [6.45, 7) is 5.41. The Bertz CT molecular complexity index is 779. The normalized spacial score (nSPS) is 21.6. The van der Waals surface area contributed by atoms with Crippen LogP contribution in [0.25, 0.3) is 11.0 Å². The highest BCUT2D eigenvalue weighted by atomic mass is 32.2. The fraction of sp³-hybridized carbons (Fsp3) is 0.500. The second-order valence-electron chi connectivity index (χ2n) is 6.36. The minimum absolute atomic E-state index is 0.108. The van der Waals surface area contributed by atoms with Gasteiger partial charge in [-0.3, -0.25) is 4.79 Å². The SMILES string of the molecule is Cc1nc2ccccc2nc1N1CCOC(C(=O)N2CCSCC2)C1. The van der Waals surface area contributed by atoms with Gasteiger partial charge in [-0.25, -0.2) is 9.97 Å². The number of benzene rings is 1. The summed E-state index contributed by atoms with van der Waals surface area (Å²) in [6, 6.07) is 7.88. The number of aromatic nitrogens is 2. The van der Waals surface area contributed by atoms with Crippen LogP contribution in [0.5, 0.6) is 0 Å². The maximum absolute atomic E-state index is 12.8. The average Bonchev–Trinajstić information content (AvgIpc) is 2.67. The molecule has 1 aromatic carbocycles. The molecule has 6 nitrogen and oxygen atoms in total. The van der Waals surface area contributed by atoms with E-state index in [2.05, 4.69) is 9.88 Å². The zero-order chi connectivity index (χ0) is 17.2. The molecule has 1 unspecified atom stereocenters. The number of carbonyl (C=O) groups is 1. The van der Waals surface area contributed by atoms with Crippen LogP contribution in [-0.4, -0.2) is 71.2 Å². The molecule has 0 radical (unpaired) electrons. The Morgan fingerprint density at radius 1 is 1.16 bits per heavy atom. The number of ether oxygens (including phenoxy) is 1. The van der Waals surface area contributed by atoms with Crippen molar-refractivity contribution in [3.63, 3.8) is 0 Å². The Balaban J connectivity index is 1.54. The third-order valence-corrected chi connectivity index (χ3v) is 5.63. The quantitative estimate of drug-likeness (QED) is 0.815. The van der Waals surface area contributed by atoms with Gasteiger partial charge in [-0.05, 0) is 19.1 Å². The lowest BCUT2D eigenvalue weighted by atomic mass is 10.2. The van der Waals surface area contributed by atoms with Crippen molar-refractivity contribution in [3.8, 4) is 0 Å². The number of aryl methyl sites for hydroxylation is 1. The predicted molar refractivity (Wildman–Crippen MR) is 100 cm³/mol. The van der Waals surface area contributed by atoms with Gasteiger partial charge in [-0.15, -0.1) is 0 Å². The van der Waals surface area contributed by atoms with E-state index in [1.165, 1.54) is 0 Å². The van der Waals surface area contributed by atoms with Crippen LogP contribution in [0.2, 0.25) is 0 Å². The fourth-order valence-electron chi connectivity index (χ4n) is 3.36. The first-order valence-corrected chi connectivity index (χ1v) is 9.84. The van der Waals surface area contributed by atoms with Crippen molar-refractivity contribution in [3.05, 3.63) is 30.0 Å².